The van der Waals surface area contributed by atoms with Gasteiger partial charge in [-0.15, -0.1) is 0 Å². The highest BCUT2D eigenvalue weighted by atomic mass is 16.6. The van der Waals surface area contributed by atoms with Gasteiger partial charge >= 0.3 is 11.9 Å². The van der Waals surface area contributed by atoms with Crippen LogP contribution in [0, 0.1) is 11.3 Å². The number of hydrogen-bond acceptors (Lipinski definition) is 4. The lowest BCUT2D eigenvalue weighted by Gasteiger charge is -2.21. The lowest BCUT2D eigenvalue weighted by atomic mass is 9.94. The van der Waals surface area contributed by atoms with Gasteiger partial charge in [0.15, 0.2) is 5.41 Å². The maximum Gasteiger partial charge on any atom is 0.322 e. The number of rotatable bonds is 23. The topological polar surface area (TPSA) is 52.6 Å². The van der Waals surface area contributed by atoms with E-state index in [1.807, 2.05) is 0 Å². The zero-order valence-corrected chi connectivity index (χ0v) is 22.9. The van der Waals surface area contributed by atoms with Crippen molar-refractivity contribution in [3.63, 3.8) is 0 Å². The lowest BCUT2D eigenvalue weighted by Crippen LogP contribution is -2.37. The van der Waals surface area contributed by atoms with E-state index in [4.69, 9.17) is 9.47 Å². The minimum absolute atomic E-state index is 0.368. The number of hydrogen-bond donors (Lipinski definition) is 0. The zero-order chi connectivity index (χ0) is 24.8. The van der Waals surface area contributed by atoms with Crippen LogP contribution in [0.2, 0.25) is 0 Å². The third kappa shape index (κ3) is 19.0. The molecule has 0 aromatic rings. The van der Waals surface area contributed by atoms with Gasteiger partial charge in [-0.2, -0.15) is 0 Å². The Morgan fingerprint density at radius 1 is 0.576 bits per heavy atom. The fourth-order valence-electron chi connectivity index (χ4n) is 3.92. The second-order valence-electron chi connectivity index (χ2n) is 10.7. The van der Waals surface area contributed by atoms with Gasteiger partial charge in [-0.05, 0) is 39.0 Å². The molecule has 0 bridgehead atoms. The van der Waals surface area contributed by atoms with E-state index in [9.17, 15) is 9.59 Å². The van der Waals surface area contributed by atoms with Crippen molar-refractivity contribution in [3.8, 4) is 0 Å². The Morgan fingerprint density at radius 3 is 1.27 bits per heavy atom. The third-order valence-corrected chi connectivity index (χ3v) is 6.41. The summed E-state index contributed by atoms with van der Waals surface area (Å²) >= 11 is 0. The average Bonchev–Trinajstić information content (AvgIpc) is 2.78. The van der Waals surface area contributed by atoms with Gasteiger partial charge in [0.2, 0.25) is 0 Å². The van der Waals surface area contributed by atoms with Gasteiger partial charge in [-0.25, -0.2) is 0 Å². The molecule has 0 aliphatic heterocycles. The van der Waals surface area contributed by atoms with Crippen molar-refractivity contribution >= 4 is 11.9 Å². The highest BCUT2D eigenvalue weighted by Crippen LogP contribution is 2.21. The zero-order valence-electron chi connectivity index (χ0n) is 22.9. The van der Waals surface area contributed by atoms with Crippen LogP contribution in [0.1, 0.15) is 150 Å². The molecule has 0 fully saturated rings. The Balaban J connectivity index is 3.52. The first-order valence-corrected chi connectivity index (χ1v) is 14.2. The second-order valence-corrected chi connectivity index (χ2v) is 10.7. The minimum atomic E-state index is -1.23. The molecule has 0 aromatic carbocycles. The van der Waals surface area contributed by atoms with Gasteiger partial charge in [0.1, 0.15) is 0 Å². The van der Waals surface area contributed by atoms with Crippen LogP contribution in [-0.2, 0) is 19.1 Å². The van der Waals surface area contributed by atoms with E-state index in [1.54, 1.807) is 13.8 Å². The number of carbonyl (C=O) groups is 2. The van der Waals surface area contributed by atoms with Crippen molar-refractivity contribution in [2.45, 2.75) is 150 Å². The fourth-order valence-corrected chi connectivity index (χ4v) is 3.92. The molecule has 0 N–H and O–H groups in total. The van der Waals surface area contributed by atoms with Crippen LogP contribution in [0.3, 0.4) is 0 Å². The van der Waals surface area contributed by atoms with Crippen LogP contribution >= 0.6 is 0 Å². The predicted octanol–water partition coefficient (Wildman–Crippen LogP) is 8.80. The number of unbranched alkanes of at least 4 members (excludes halogenated alkanes) is 15. The first kappa shape index (κ1) is 31.9. The quantitative estimate of drug-likeness (QED) is 0.0854. The fraction of sp³-hybridized carbons (Fsp3) is 0.931. The van der Waals surface area contributed by atoms with Crippen LogP contribution in [-0.4, -0.2) is 25.2 Å². The standard InChI is InChI=1S/C29H56O4/c1-6-7-8-9-10-11-12-13-14-15-16-17-18-19-20-21-24-32-27(30)29(4,5)28(31)33-25-22-23-26(2)3/h26H,6-25H2,1-5H3. The summed E-state index contributed by atoms with van der Waals surface area (Å²) in [6.07, 6.45) is 22.9. The Morgan fingerprint density at radius 2 is 0.909 bits per heavy atom. The second kappa shape index (κ2) is 21.5. The van der Waals surface area contributed by atoms with Crippen LogP contribution in [0.15, 0.2) is 0 Å². The number of esters is 2. The van der Waals surface area contributed by atoms with Gasteiger partial charge in [-0.3, -0.25) is 9.59 Å². The van der Waals surface area contributed by atoms with Gasteiger partial charge in [-0.1, -0.05) is 117 Å². The highest BCUT2D eigenvalue weighted by Gasteiger charge is 2.39. The lowest BCUT2D eigenvalue weighted by molar-refractivity contribution is -0.170. The molecule has 196 valence electrons. The molecule has 4 heteroatoms. The third-order valence-electron chi connectivity index (χ3n) is 6.41. The maximum atomic E-state index is 12.3. The molecule has 0 aromatic heterocycles. The summed E-state index contributed by atoms with van der Waals surface area (Å²) in [7, 11) is 0. The molecule has 0 heterocycles. The van der Waals surface area contributed by atoms with Crippen molar-refractivity contribution in [2.24, 2.45) is 11.3 Å². The van der Waals surface area contributed by atoms with Crippen molar-refractivity contribution in [3.05, 3.63) is 0 Å². The number of ether oxygens (including phenoxy) is 2. The Labute approximate surface area is 206 Å². The van der Waals surface area contributed by atoms with Crippen LogP contribution in [0.25, 0.3) is 0 Å². The van der Waals surface area contributed by atoms with Crippen LogP contribution in [0.5, 0.6) is 0 Å². The molecule has 0 spiro atoms. The summed E-state index contributed by atoms with van der Waals surface area (Å²) in [5.41, 5.74) is -1.23. The summed E-state index contributed by atoms with van der Waals surface area (Å²) in [5.74, 6) is -0.373. The molecular weight excluding hydrogens is 412 g/mol. The molecule has 33 heavy (non-hydrogen) atoms. The summed E-state index contributed by atoms with van der Waals surface area (Å²) in [6.45, 7) is 10.5. The first-order chi connectivity index (χ1) is 15.8. The van der Waals surface area contributed by atoms with Crippen LogP contribution < -0.4 is 0 Å². The van der Waals surface area contributed by atoms with Crippen molar-refractivity contribution < 1.29 is 19.1 Å². The molecule has 0 saturated heterocycles. The van der Waals surface area contributed by atoms with Crippen LogP contribution in [0.4, 0.5) is 0 Å². The molecule has 0 aliphatic rings. The first-order valence-electron chi connectivity index (χ1n) is 14.2. The maximum absolute atomic E-state index is 12.3. The van der Waals surface area contributed by atoms with Crippen molar-refractivity contribution in [2.75, 3.05) is 13.2 Å². The SMILES string of the molecule is CCCCCCCCCCCCCCCCCCOC(=O)C(C)(C)C(=O)OCCCC(C)C. The van der Waals surface area contributed by atoms with Gasteiger partial charge in [0.05, 0.1) is 13.2 Å². The Bertz CT molecular complexity index is 470. The van der Waals surface area contributed by atoms with E-state index < -0.39 is 17.4 Å². The molecule has 0 rings (SSSR count). The summed E-state index contributed by atoms with van der Waals surface area (Å²) in [6, 6.07) is 0. The highest BCUT2D eigenvalue weighted by molar-refractivity contribution is 5.99. The van der Waals surface area contributed by atoms with Gasteiger partial charge in [0.25, 0.3) is 0 Å². The van der Waals surface area contributed by atoms with Gasteiger partial charge < -0.3 is 9.47 Å². The molecule has 0 atom stereocenters. The van der Waals surface area contributed by atoms with Crippen molar-refractivity contribution in [1.82, 2.24) is 0 Å². The smallest absolute Gasteiger partial charge is 0.322 e. The molecular formula is C29H56O4. The number of carbonyl (C=O) groups excluding carboxylic acids is 2. The summed E-state index contributed by atoms with van der Waals surface area (Å²) in [5, 5.41) is 0. The van der Waals surface area contributed by atoms with E-state index in [0.717, 1.165) is 25.7 Å². The van der Waals surface area contributed by atoms with Gasteiger partial charge in [0, 0.05) is 0 Å². The molecule has 4 nitrogen and oxygen atoms in total. The van der Waals surface area contributed by atoms with E-state index in [1.165, 1.54) is 89.9 Å². The molecule has 0 unspecified atom stereocenters. The van der Waals surface area contributed by atoms with E-state index in [2.05, 4.69) is 20.8 Å². The van der Waals surface area contributed by atoms with E-state index >= 15 is 0 Å². The molecule has 0 amide bonds. The summed E-state index contributed by atoms with van der Waals surface area (Å²) in [4.78, 5) is 24.5. The predicted molar refractivity (Wildman–Crippen MR) is 139 cm³/mol. The molecule has 0 radical (unpaired) electrons. The Kier molecular flexibility index (Phi) is 20.8. The molecule has 0 aliphatic carbocycles. The normalized spacial score (nSPS) is 11.7. The van der Waals surface area contributed by atoms with E-state index in [0.29, 0.717) is 19.1 Å². The average molecular weight is 469 g/mol. The summed E-state index contributed by atoms with van der Waals surface area (Å²) < 4.78 is 10.6. The van der Waals surface area contributed by atoms with Crippen molar-refractivity contribution in [1.29, 1.82) is 0 Å². The minimum Gasteiger partial charge on any atom is -0.465 e. The Hall–Kier alpha value is -1.06. The monoisotopic (exact) mass is 468 g/mol. The molecule has 0 saturated carbocycles. The largest absolute Gasteiger partial charge is 0.465 e. The van der Waals surface area contributed by atoms with E-state index in [-0.39, 0.29) is 0 Å².